The molecule has 0 radical (unpaired) electrons. The highest BCUT2D eigenvalue weighted by atomic mass is 16.5. The summed E-state index contributed by atoms with van der Waals surface area (Å²) in [6.07, 6.45) is 6.46. The van der Waals surface area contributed by atoms with Gasteiger partial charge in [0.15, 0.2) is 5.84 Å². The molecule has 1 heterocycles. The molecule has 0 unspecified atom stereocenters. The van der Waals surface area contributed by atoms with Crippen LogP contribution in [0.3, 0.4) is 0 Å². The third kappa shape index (κ3) is 3.83. The maximum absolute atomic E-state index is 13.4. The summed E-state index contributed by atoms with van der Waals surface area (Å²) in [6, 6.07) is 6.94. The molecule has 28 heavy (non-hydrogen) atoms. The number of nitrogens with two attached hydrogens (primary N) is 1. The molecule has 8 nitrogen and oxygen atoms in total. The second-order valence-electron chi connectivity index (χ2n) is 6.61. The summed E-state index contributed by atoms with van der Waals surface area (Å²) in [5, 5.41) is 13.3. The molecular formula is C20H23N5O3. The summed E-state index contributed by atoms with van der Waals surface area (Å²) in [5.41, 5.74) is 6.57. The molecule has 3 rings (SSSR count). The summed E-state index contributed by atoms with van der Waals surface area (Å²) in [7, 11) is 3.03. The van der Waals surface area contributed by atoms with E-state index >= 15 is 0 Å². The van der Waals surface area contributed by atoms with E-state index in [0.29, 0.717) is 17.1 Å². The van der Waals surface area contributed by atoms with Crippen molar-refractivity contribution < 1.29 is 14.3 Å². The van der Waals surface area contributed by atoms with E-state index in [0.717, 1.165) is 25.7 Å². The van der Waals surface area contributed by atoms with Crippen molar-refractivity contribution in [3.63, 3.8) is 0 Å². The highest BCUT2D eigenvalue weighted by Crippen LogP contribution is 2.27. The van der Waals surface area contributed by atoms with Gasteiger partial charge >= 0.3 is 0 Å². The van der Waals surface area contributed by atoms with Gasteiger partial charge in [-0.05, 0) is 25.0 Å². The third-order valence-electron chi connectivity index (χ3n) is 4.86. The van der Waals surface area contributed by atoms with E-state index in [-0.39, 0.29) is 29.0 Å². The second-order valence-corrected chi connectivity index (χ2v) is 6.61. The predicted molar refractivity (Wildman–Crippen MR) is 105 cm³/mol. The minimum absolute atomic E-state index is 0.0195. The van der Waals surface area contributed by atoms with E-state index in [4.69, 9.17) is 20.2 Å². The Balaban J connectivity index is 2.08. The Morgan fingerprint density at radius 2 is 2.04 bits per heavy atom. The van der Waals surface area contributed by atoms with Gasteiger partial charge in [-0.15, -0.1) is 0 Å². The molecule has 1 fully saturated rings. The largest absolute Gasteiger partial charge is 0.497 e. The molecule has 1 aliphatic rings. The number of benzene rings is 1. The minimum Gasteiger partial charge on any atom is -0.497 e. The van der Waals surface area contributed by atoms with Crippen LogP contribution in [-0.4, -0.2) is 41.7 Å². The molecular weight excluding hydrogens is 358 g/mol. The molecule has 1 aliphatic carbocycles. The summed E-state index contributed by atoms with van der Waals surface area (Å²) in [5.74, 6) is 0.757. The summed E-state index contributed by atoms with van der Waals surface area (Å²) in [4.78, 5) is 18.1. The number of nitriles is 1. The van der Waals surface area contributed by atoms with Crippen LogP contribution >= 0.6 is 0 Å². The topological polar surface area (TPSA) is 116 Å². The molecule has 146 valence electrons. The number of aliphatic imine (C=N–C) groups is 1. The Hall–Kier alpha value is -3.34. The van der Waals surface area contributed by atoms with Crippen molar-refractivity contribution in [2.75, 3.05) is 20.0 Å². The van der Waals surface area contributed by atoms with Crippen LogP contribution in [-0.2, 0) is 0 Å². The lowest BCUT2D eigenvalue weighted by Crippen LogP contribution is -2.28. The molecule has 0 atom stereocenters. The fraction of sp³-hybridized carbons (Fsp3) is 0.400. The van der Waals surface area contributed by atoms with E-state index < -0.39 is 0 Å². The maximum atomic E-state index is 13.4. The number of ether oxygens (including phenoxy) is 2. The maximum Gasteiger partial charge on any atom is 0.233 e. The normalized spacial score (nSPS) is 15.1. The van der Waals surface area contributed by atoms with Crippen LogP contribution in [0.2, 0.25) is 0 Å². The van der Waals surface area contributed by atoms with Gasteiger partial charge in [0.05, 0.1) is 32.0 Å². The van der Waals surface area contributed by atoms with Crippen LogP contribution in [0.1, 0.15) is 48.0 Å². The molecule has 1 saturated carbocycles. The van der Waals surface area contributed by atoms with Crippen molar-refractivity contribution in [1.29, 1.82) is 5.26 Å². The highest BCUT2D eigenvalue weighted by molar-refractivity contribution is 6.46. The number of nitrogen functional groups attached to an aromatic ring is 1. The van der Waals surface area contributed by atoms with Crippen LogP contribution in [0, 0.1) is 11.3 Å². The highest BCUT2D eigenvalue weighted by Gasteiger charge is 2.26. The van der Waals surface area contributed by atoms with Crippen LogP contribution in [0.15, 0.2) is 29.4 Å². The Morgan fingerprint density at radius 1 is 1.29 bits per heavy atom. The molecule has 2 aromatic rings. The van der Waals surface area contributed by atoms with Crippen molar-refractivity contribution in [2.45, 2.75) is 38.1 Å². The van der Waals surface area contributed by atoms with Crippen molar-refractivity contribution in [1.82, 2.24) is 9.78 Å². The van der Waals surface area contributed by atoms with Crippen molar-refractivity contribution in [3.05, 3.63) is 35.5 Å². The number of hydrogen-bond acceptors (Lipinski definition) is 7. The lowest BCUT2D eigenvalue weighted by Gasteiger charge is -2.19. The Kier molecular flexibility index (Phi) is 5.94. The van der Waals surface area contributed by atoms with Gasteiger partial charge in [-0.25, -0.2) is 0 Å². The number of hydrogen-bond donors (Lipinski definition) is 1. The van der Waals surface area contributed by atoms with Gasteiger partial charge in [-0.1, -0.05) is 19.3 Å². The third-order valence-corrected chi connectivity index (χ3v) is 4.86. The number of nitrogens with zero attached hydrogens (tertiary/aromatic N) is 4. The van der Waals surface area contributed by atoms with Crippen molar-refractivity contribution >= 4 is 17.4 Å². The quantitative estimate of drug-likeness (QED) is 0.484. The van der Waals surface area contributed by atoms with Gasteiger partial charge in [0, 0.05) is 6.07 Å². The fourth-order valence-electron chi connectivity index (χ4n) is 3.31. The zero-order valence-electron chi connectivity index (χ0n) is 16.0. The molecule has 1 aromatic heterocycles. The SMILES string of the molecule is COc1ccc(C(=O)/C(=N/C2CCCCC2)n2ncc(C#N)c2N)c(OC)c1. The van der Waals surface area contributed by atoms with E-state index in [1.807, 2.05) is 6.07 Å². The van der Waals surface area contributed by atoms with Gasteiger partial charge in [0.2, 0.25) is 5.78 Å². The van der Waals surface area contributed by atoms with Gasteiger partial charge in [-0.2, -0.15) is 15.0 Å². The molecule has 1 aromatic carbocycles. The van der Waals surface area contributed by atoms with Crippen LogP contribution in [0.5, 0.6) is 11.5 Å². The van der Waals surface area contributed by atoms with Crippen LogP contribution in [0.4, 0.5) is 5.82 Å². The molecule has 0 saturated heterocycles. The number of Topliss-reactive ketones (excluding diaryl/α,β-unsaturated/α-hetero) is 1. The van der Waals surface area contributed by atoms with E-state index in [2.05, 4.69) is 5.10 Å². The number of methoxy groups -OCH3 is 2. The second kappa shape index (κ2) is 8.57. The summed E-state index contributed by atoms with van der Waals surface area (Å²) in [6.45, 7) is 0. The average molecular weight is 381 g/mol. The molecule has 2 N–H and O–H groups in total. The Bertz CT molecular complexity index is 936. The first-order valence-electron chi connectivity index (χ1n) is 9.17. The molecule has 0 bridgehead atoms. The monoisotopic (exact) mass is 381 g/mol. The molecule has 0 spiro atoms. The number of rotatable bonds is 5. The van der Waals surface area contributed by atoms with Crippen molar-refractivity contribution in [3.8, 4) is 17.6 Å². The molecule has 0 aliphatic heterocycles. The lowest BCUT2D eigenvalue weighted by atomic mass is 9.96. The first-order valence-corrected chi connectivity index (χ1v) is 9.17. The first kappa shape index (κ1) is 19.4. The smallest absolute Gasteiger partial charge is 0.233 e. The zero-order valence-corrected chi connectivity index (χ0v) is 16.0. The van der Waals surface area contributed by atoms with Gasteiger partial charge < -0.3 is 15.2 Å². The number of carbonyl (C=O) groups is 1. The van der Waals surface area contributed by atoms with Gasteiger partial charge in [0.1, 0.15) is 28.9 Å². The summed E-state index contributed by atoms with van der Waals surface area (Å²) >= 11 is 0. The minimum atomic E-state index is -0.371. The Morgan fingerprint density at radius 3 is 2.64 bits per heavy atom. The van der Waals surface area contributed by atoms with Gasteiger partial charge in [0.25, 0.3) is 0 Å². The number of ketones is 1. The fourth-order valence-corrected chi connectivity index (χ4v) is 3.31. The van der Waals surface area contributed by atoms with Gasteiger partial charge in [-0.3, -0.25) is 9.79 Å². The Labute approximate surface area is 163 Å². The van der Waals surface area contributed by atoms with E-state index in [1.54, 1.807) is 25.3 Å². The lowest BCUT2D eigenvalue weighted by molar-refractivity contribution is 0.105. The first-order chi connectivity index (χ1) is 13.6. The average Bonchev–Trinajstić information content (AvgIpc) is 3.11. The van der Waals surface area contributed by atoms with Crippen LogP contribution in [0.25, 0.3) is 0 Å². The predicted octanol–water partition coefficient (Wildman–Crippen LogP) is 2.82. The number of aromatic nitrogens is 2. The van der Waals surface area contributed by atoms with Crippen molar-refractivity contribution in [2.24, 2.45) is 4.99 Å². The van der Waals surface area contributed by atoms with E-state index in [9.17, 15) is 10.1 Å². The van der Waals surface area contributed by atoms with Crippen LogP contribution < -0.4 is 15.2 Å². The zero-order chi connectivity index (χ0) is 20.1. The summed E-state index contributed by atoms with van der Waals surface area (Å²) < 4.78 is 11.8. The van der Waals surface area contributed by atoms with E-state index in [1.165, 1.54) is 24.4 Å². The molecule has 8 heteroatoms. The number of anilines is 1. The number of carbonyl (C=O) groups excluding carboxylic acids is 1. The molecule has 0 amide bonds. The standard InChI is InChI=1S/C20H23N5O3/c1-27-15-8-9-16(17(10-15)28-2)18(26)20(24-14-6-4-3-5-7-14)25-19(22)13(11-21)12-23-25/h8-10,12,14H,3-7,22H2,1-2H3/b24-20-.